The summed E-state index contributed by atoms with van der Waals surface area (Å²) < 4.78 is 0. The van der Waals surface area contributed by atoms with Gasteiger partial charge in [-0.15, -0.1) is 0 Å². The maximum absolute atomic E-state index is 12.8. The highest BCUT2D eigenvalue weighted by molar-refractivity contribution is 5.79. The lowest BCUT2D eigenvalue weighted by Gasteiger charge is -2.30. The summed E-state index contributed by atoms with van der Waals surface area (Å²) in [5.74, 6) is 0.621. The number of hydrogen-bond acceptors (Lipinski definition) is 2. The molecule has 1 saturated carbocycles. The molecular weight excluding hydrogens is 260 g/mol. The lowest BCUT2D eigenvalue weighted by molar-refractivity contribution is -0.137. The van der Waals surface area contributed by atoms with E-state index in [1.165, 1.54) is 29.5 Å². The van der Waals surface area contributed by atoms with E-state index < -0.39 is 0 Å². The Hall–Kier alpha value is -1.35. The standard InChI is InChI=1S/C18H26N2O/c1-13-3-4-15(11-14(13)2)12-20(17-5-6-17)18(21)16-7-9-19-10-8-16/h3-4,11,16-17,19H,5-10,12H2,1-2H3. The van der Waals surface area contributed by atoms with E-state index in [1.807, 2.05) is 0 Å². The van der Waals surface area contributed by atoms with Gasteiger partial charge in [0.25, 0.3) is 0 Å². The summed E-state index contributed by atoms with van der Waals surface area (Å²) in [7, 11) is 0. The van der Waals surface area contributed by atoms with Crippen LogP contribution in [0, 0.1) is 19.8 Å². The van der Waals surface area contributed by atoms with Gasteiger partial charge in [-0.2, -0.15) is 0 Å². The third kappa shape index (κ3) is 3.46. The van der Waals surface area contributed by atoms with Crippen molar-refractivity contribution in [3.05, 3.63) is 34.9 Å². The Kier molecular flexibility index (Phi) is 4.29. The predicted octanol–water partition coefficient (Wildman–Crippen LogP) is 2.79. The molecule has 1 amide bonds. The molecule has 1 N–H and O–H groups in total. The Labute approximate surface area is 127 Å². The molecule has 1 aliphatic heterocycles. The molecule has 0 spiro atoms. The number of carbonyl (C=O) groups is 1. The van der Waals surface area contributed by atoms with Gasteiger partial charge in [0.05, 0.1) is 0 Å². The highest BCUT2D eigenvalue weighted by atomic mass is 16.2. The Bertz CT molecular complexity index is 516. The normalized spacial score (nSPS) is 19.5. The van der Waals surface area contributed by atoms with Crippen molar-refractivity contribution in [2.75, 3.05) is 13.1 Å². The van der Waals surface area contributed by atoms with E-state index in [4.69, 9.17) is 0 Å². The van der Waals surface area contributed by atoms with Crippen LogP contribution in [-0.4, -0.2) is 29.9 Å². The first kappa shape index (κ1) is 14.6. The fourth-order valence-electron chi connectivity index (χ4n) is 3.18. The highest BCUT2D eigenvalue weighted by Gasteiger charge is 2.36. The van der Waals surface area contributed by atoms with Crippen LogP contribution in [0.1, 0.15) is 42.4 Å². The molecule has 21 heavy (non-hydrogen) atoms. The topological polar surface area (TPSA) is 32.3 Å². The first-order chi connectivity index (χ1) is 10.1. The van der Waals surface area contributed by atoms with Crippen LogP contribution in [-0.2, 0) is 11.3 Å². The van der Waals surface area contributed by atoms with E-state index >= 15 is 0 Å². The zero-order chi connectivity index (χ0) is 14.8. The van der Waals surface area contributed by atoms with Crippen molar-refractivity contribution in [1.29, 1.82) is 0 Å². The van der Waals surface area contributed by atoms with Crippen molar-refractivity contribution in [3.63, 3.8) is 0 Å². The van der Waals surface area contributed by atoms with Gasteiger partial charge in [-0.1, -0.05) is 18.2 Å². The fourth-order valence-corrected chi connectivity index (χ4v) is 3.18. The summed E-state index contributed by atoms with van der Waals surface area (Å²) in [6.45, 7) is 7.04. The van der Waals surface area contributed by atoms with Gasteiger partial charge in [-0.25, -0.2) is 0 Å². The summed E-state index contributed by atoms with van der Waals surface area (Å²) in [4.78, 5) is 15.0. The fraction of sp³-hybridized carbons (Fsp3) is 0.611. The predicted molar refractivity (Wildman–Crippen MR) is 85.1 cm³/mol. The Balaban J connectivity index is 1.71. The minimum Gasteiger partial charge on any atom is -0.335 e. The summed E-state index contributed by atoms with van der Waals surface area (Å²) in [5.41, 5.74) is 3.91. The first-order valence-corrected chi connectivity index (χ1v) is 8.22. The Morgan fingerprint density at radius 1 is 1.14 bits per heavy atom. The van der Waals surface area contributed by atoms with Crippen molar-refractivity contribution < 1.29 is 4.79 Å². The summed E-state index contributed by atoms with van der Waals surface area (Å²) in [5, 5.41) is 3.35. The summed E-state index contributed by atoms with van der Waals surface area (Å²) in [6.07, 6.45) is 4.35. The maximum Gasteiger partial charge on any atom is 0.226 e. The number of piperidine rings is 1. The minimum atomic E-state index is 0.235. The van der Waals surface area contributed by atoms with Crippen LogP contribution >= 0.6 is 0 Å². The Morgan fingerprint density at radius 3 is 2.48 bits per heavy atom. The third-order valence-corrected chi connectivity index (χ3v) is 4.88. The van der Waals surface area contributed by atoms with E-state index in [1.54, 1.807) is 0 Å². The molecule has 0 unspecified atom stereocenters. The number of nitrogens with zero attached hydrogens (tertiary/aromatic N) is 1. The number of amides is 1. The second-order valence-electron chi connectivity index (χ2n) is 6.64. The quantitative estimate of drug-likeness (QED) is 0.923. The molecule has 1 aromatic rings. The SMILES string of the molecule is Cc1ccc(CN(C(=O)C2CCNCC2)C2CC2)cc1C. The molecule has 1 aromatic carbocycles. The summed E-state index contributed by atoms with van der Waals surface area (Å²) in [6, 6.07) is 7.08. The minimum absolute atomic E-state index is 0.235. The molecule has 1 saturated heterocycles. The molecule has 0 atom stereocenters. The summed E-state index contributed by atoms with van der Waals surface area (Å²) >= 11 is 0. The second-order valence-corrected chi connectivity index (χ2v) is 6.64. The molecular formula is C18H26N2O. The van der Waals surface area contributed by atoms with Gasteiger partial charge in [-0.05, 0) is 69.3 Å². The molecule has 2 aliphatic rings. The molecule has 1 aliphatic carbocycles. The van der Waals surface area contributed by atoms with Crippen molar-refractivity contribution >= 4 is 5.91 Å². The van der Waals surface area contributed by atoms with Gasteiger partial charge in [0.15, 0.2) is 0 Å². The van der Waals surface area contributed by atoms with Crippen LogP contribution in [0.5, 0.6) is 0 Å². The van der Waals surface area contributed by atoms with Gasteiger partial charge in [0, 0.05) is 18.5 Å². The number of benzene rings is 1. The third-order valence-electron chi connectivity index (χ3n) is 4.88. The number of rotatable bonds is 4. The van der Waals surface area contributed by atoms with E-state index in [0.29, 0.717) is 11.9 Å². The van der Waals surface area contributed by atoms with Crippen molar-refractivity contribution in [2.45, 2.75) is 52.1 Å². The largest absolute Gasteiger partial charge is 0.335 e. The van der Waals surface area contributed by atoms with Gasteiger partial charge < -0.3 is 10.2 Å². The molecule has 0 bridgehead atoms. The van der Waals surface area contributed by atoms with Crippen molar-refractivity contribution in [1.82, 2.24) is 10.2 Å². The second kappa shape index (κ2) is 6.18. The zero-order valence-corrected chi connectivity index (χ0v) is 13.2. The van der Waals surface area contributed by atoms with Crippen LogP contribution in [0.15, 0.2) is 18.2 Å². The van der Waals surface area contributed by atoms with Crippen LogP contribution in [0.25, 0.3) is 0 Å². The van der Waals surface area contributed by atoms with Gasteiger partial charge in [0.1, 0.15) is 0 Å². The molecule has 3 heteroatoms. The smallest absolute Gasteiger partial charge is 0.226 e. The molecule has 2 fully saturated rings. The zero-order valence-electron chi connectivity index (χ0n) is 13.2. The van der Waals surface area contributed by atoms with Crippen LogP contribution < -0.4 is 5.32 Å². The highest BCUT2D eigenvalue weighted by Crippen LogP contribution is 2.31. The lowest BCUT2D eigenvalue weighted by atomic mass is 9.96. The van der Waals surface area contributed by atoms with Crippen molar-refractivity contribution in [3.8, 4) is 0 Å². The van der Waals surface area contributed by atoms with E-state index in [2.05, 4.69) is 42.3 Å². The lowest BCUT2D eigenvalue weighted by Crippen LogP contribution is -2.41. The first-order valence-electron chi connectivity index (χ1n) is 8.22. The van der Waals surface area contributed by atoms with E-state index in [-0.39, 0.29) is 5.92 Å². The number of aryl methyl sites for hydroxylation is 2. The average Bonchev–Trinajstić information content (AvgIpc) is 3.33. The van der Waals surface area contributed by atoms with E-state index in [9.17, 15) is 4.79 Å². The van der Waals surface area contributed by atoms with Crippen LogP contribution in [0.3, 0.4) is 0 Å². The number of carbonyl (C=O) groups excluding carboxylic acids is 1. The van der Waals surface area contributed by atoms with Crippen LogP contribution in [0.4, 0.5) is 0 Å². The van der Waals surface area contributed by atoms with Gasteiger partial charge in [0.2, 0.25) is 5.91 Å². The molecule has 3 rings (SSSR count). The molecule has 0 aromatic heterocycles. The molecule has 114 valence electrons. The molecule has 0 radical (unpaired) electrons. The Morgan fingerprint density at radius 2 is 1.86 bits per heavy atom. The monoisotopic (exact) mass is 286 g/mol. The van der Waals surface area contributed by atoms with Crippen LogP contribution in [0.2, 0.25) is 0 Å². The average molecular weight is 286 g/mol. The number of nitrogens with one attached hydrogen (secondary N) is 1. The molecule has 1 heterocycles. The van der Waals surface area contributed by atoms with E-state index in [0.717, 1.165) is 32.5 Å². The molecule has 3 nitrogen and oxygen atoms in total. The van der Waals surface area contributed by atoms with Gasteiger partial charge in [-0.3, -0.25) is 4.79 Å². The van der Waals surface area contributed by atoms with Gasteiger partial charge >= 0.3 is 0 Å². The maximum atomic E-state index is 12.8. The van der Waals surface area contributed by atoms with Crippen molar-refractivity contribution in [2.24, 2.45) is 5.92 Å². The number of hydrogen-bond donors (Lipinski definition) is 1.